The quantitative estimate of drug-likeness (QED) is 0.894. The van der Waals surface area contributed by atoms with Crippen LogP contribution in [0, 0.1) is 11.6 Å². The standard InChI is InChI=1S/C16H12F2N2O3/c17-10-2-3-12(11(18)8-10)20-16(22)9-1-4-14-13(7-9)19-15(21)5-6-23-14/h1-4,7-8H,5-6H2,(H,19,21)(H,20,22). The van der Waals surface area contributed by atoms with Gasteiger partial charge in [0.2, 0.25) is 5.91 Å². The lowest BCUT2D eigenvalue weighted by atomic mass is 10.1. The van der Waals surface area contributed by atoms with E-state index in [-0.39, 0.29) is 30.2 Å². The average Bonchev–Trinajstić information content (AvgIpc) is 2.69. The Bertz CT molecular complexity index is 793. The van der Waals surface area contributed by atoms with Gasteiger partial charge in [0.1, 0.15) is 17.4 Å². The van der Waals surface area contributed by atoms with Crippen LogP contribution in [0.4, 0.5) is 20.2 Å². The largest absolute Gasteiger partial charge is 0.491 e. The van der Waals surface area contributed by atoms with Gasteiger partial charge in [0.25, 0.3) is 5.91 Å². The van der Waals surface area contributed by atoms with Crippen molar-refractivity contribution in [2.75, 3.05) is 17.2 Å². The van der Waals surface area contributed by atoms with Crippen molar-refractivity contribution in [3.63, 3.8) is 0 Å². The van der Waals surface area contributed by atoms with Crippen LogP contribution in [0.1, 0.15) is 16.8 Å². The summed E-state index contributed by atoms with van der Waals surface area (Å²) >= 11 is 0. The Morgan fingerprint density at radius 2 is 2.00 bits per heavy atom. The van der Waals surface area contributed by atoms with Crippen LogP contribution in [0.5, 0.6) is 5.75 Å². The van der Waals surface area contributed by atoms with Gasteiger partial charge in [-0.05, 0) is 30.3 Å². The highest BCUT2D eigenvalue weighted by Gasteiger charge is 2.17. The molecule has 0 atom stereocenters. The third-order valence-electron chi connectivity index (χ3n) is 3.28. The summed E-state index contributed by atoms with van der Waals surface area (Å²) in [5.41, 5.74) is 0.449. The zero-order valence-corrected chi connectivity index (χ0v) is 11.9. The van der Waals surface area contributed by atoms with Crippen LogP contribution in [-0.4, -0.2) is 18.4 Å². The Labute approximate surface area is 130 Å². The van der Waals surface area contributed by atoms with Gasteiger partial charge in [0.15, 0.2) is 0 Å². The van der Waals surface area contributed by atoms with Crippen molar-refractivity contribution in [3.8, 4) is 5.75 Å². The fourth-order valence-electron chi connectivity index (χ4n) is 2.15. The van der Waals surface area contributed by atoms with Crippen molar-refractivity contribution < 1.29 is 23.1 Å². The SMILES string of the molecule is O=C1CCOc2ccc(C(=O)Nc3ccc(F)cc3F)cc2N1. The van der Waals surface area contributed by atoms with E-state index in [9.17, 15) is 18.4 Å². The Balaban J connectivity index is 1.84. The van der Waals surface area contributed by atoms with E-state index in [1.54, 1.807) is 6.07 Å². The van der Waals surface area contributed by atoms with Crippen molar-refractivity contribution in [2.24, 2.45) is 0 Å². The lowest BCUT2D eigenvalue weighted by Crippen LogP contribution is -2.14. The molecule has 1 aliphatic rings. The topological polar surface area (TPSA) is 67.4 Å². The van der Waals surface area contributed by atoms with Crippen LogP contribution in [0.25, 0.3) is 0 Å². The van der Waals surface area contributed by atoms with Gasteiger partial charge in [0.05, 0.1) is 24.4 Å². The molecule has 2 aromatic rings. The second-order valence-corrected chi connectivity index (χ2v) is 4.94. The Morgan fingerprint density at radius 1 is 1.17 bits per heavy atom. The van der Waals surface area contributed by atoms with E-state index in [0.29, 0.717) is 17.5 Å². The van der Waals surface area contributed by atoms with Crippen LogP contribution in [0.3, 0.4) is 0 Å². The monoisotopic (exact) mass is 318 g/mol. The molecule has 2 amide bonds. The molecule has 0 saturated carbocycles. The summed E-state index contributed by atoms with van der Waals surface area (Å²) in [5.74, 6) is -1.95. The minimum absolute atomic E-state index is 0.133. The molecule has 7 heteroatoms. The second-order valence-electron chi connectivity index (χ2n) is 4.94. The minimum atomic E-state index is -0.871. The van der Waals surface area contributed by atoms with Gasteiger partial charge in [-0.25, -0.2) is 8.78 Å². The van der Waals surface area contributed by atoms with Gasteiger partial charge >= 0.3 is 0 Å². The molecule has 3 rings (SSSR count). The summed E-state index contributed by atoms with van der Waals surface area (Å²) in [6.07, 6.45) is 0.219. The van der Waals surface area contributed by atoms with Crippen molar-refractivity contribution in [2.45, 2.75) is 6.42 Å². The first-order valence-corrected chi connectivity index (χ1v) is 6.86. The Hall–Kier alpha value is -2.96. The molecule has 118 valence electrons. The Kier molecular flexibility index (Phi) is 3.92. The number of amides is 2. The summed E-state index contributed by atoms with van der Waals surface area (Å²) < 4.78 is 31.8. The maximum atomic E-state index is 13.6. The molecule has 0 saturated heterocycles. The van der Waals surface area contributed by atoms with Crippen molar-refractivity contribution in [1.29, 1.82) is 0 Å². The molecule has 1 heterocycles. The van der Waals surface area contributed by atoms with Crippen molar-refractivity contribution in [3.05, 3.63) is 53.6 Å². The lowest BCUT2D eigenvalue weighted by Gasteiger charge is -2.10. The predicted octanol–water partition coefficient (Wildman–Crippen LogP) is 2.94. The maximum absolute atomic E-state index is 13.6. The molecule has 23 heavy (non-hydrogen) atoms. The second kappa shape index (κ2) is 6.04. The van der Waals surface area contributed by atoms with Crippen LogP contribution < -0.4 is 15.4 Å². The molecule has 5 nitrogen and oxygen atoms in total. The van der Waals surface area contributed by atoms with E-state index in [4.69, 9.17) is 4.74 Å². The normalized spacial score (nSPS) is 13.4. The summed E-state index contributed by atoms with van der Waals surface area (Å²) in [4.78, 5) is 23.7. The van der Waals surface area contributed by atoms with Crippen LogP contribution >= 0.6 is 0 Å². The first-order chi connectivity index (χ1) is 11.0. The fraction of sp³-hybridized carbons (Fsp3) is 0.125. The number of anilines is 2. The van der Waals surface area contributed by atoms with Crippen molar-refractivity contribution >= 4 is 23.2 Å². The highest BCUT2D eigenvalue weighted by molar-refractivity contribution is 6.06. The zero-order chi connectivity index (χ0) is 16.4. The summed E-state index contributed by atoms with van der Waals surface area (Å²) in [5, 5.41) is 4.99. The van der Waals surface area contributed by atoms with Crippen molar-refractivity contribution in [1.82, 2.24) is 0 Å². The fourth-order valence-corrected chi connectivity index (χ4v) is 2.15. The summed E-state index contributed by atoms with van der Waals surface area (Å²) in [6.45, 7) is 0.255. The molecule has 1 aliphatic heterocycles. The molecular formula is C16H12F2N2O3. The number of fused-ring (bicyclic) bond motifs is 1. The van der Waals surface area contributed by atoms with E-state index >= 15 is 0 Å². The number of rotatable bonds is 2. The molecule has 0 fully saturated rings. The predicted molar refractivity (Wildman–Crippen MR) is 79.5 cm³/mol. The number of hydrogen-bond acceptors (Lipinski definition) is 3. The molecule has 0 aromatic heterocycles. The number of halogens is 2. The number of nitrogens with one attached hydrogen (secondary N) is 2. The van der Waals surface area contributed by atoms with Crippen LogP contribution in [-0.2, 0) is 4.79 Å². The van der Waals surface area contributed by atoms with Gasteiger partial charge in [0, 0.05) is 11.6 Å². The van der Waals surface area contributed by atoms with Gasteiger partial charge in [-0.3, -0.25) is 9.59 Å². The van der Waals surface area contributed by atoms with E-state index in [0.717, 1.165) is 12.1 Å². The van der Waals surface area contributed by atoms with E-state index in [1.807, 2.05) is 0 Å². The summed E-state index contributed by atoms with van der Waals surface area (Å²) in [6, 6.07) is 7.35. The molecular weight excluding hydrogens is 306 g/mol. The molecule has 0 bridgehead atoms. The van der Waals surface area contributed by atoms with Gasteiger partial charge in [-0.1, -0.05) is 0 Å². The van der Waals surface area contributed by atoms with Gasteiger partial charge in [-0.15, -0.1) is 0 Å². The lowest BCUT2D eigenvalue weighted by molar-refractivity contribution is -0.116. The Morgan fingerprint density at radius 3 is 2.78 bits per heavy atom. The molecule has 2 aromatic carbocycles. The number of hydrogen-bond donors (Lipinski definition) is 2. The van der Waals surface area contributed by atoms with Gasteiger partial charge < -0.3 is 15.4 Å². The number of carbonyl (C=O) groups is 2. The number of ether oxygens (including phenoxy) is 1. The van der Waals surface area contributed by atoms with E-state index in [1.165, 1.54) is 12.1 Å². The van der Waals surface area contributed by atoms with Gasteiger partial charge in [-0.2, -0.15) is 0 Å². The minimum Gasteiger partial charge on any atom is -0.491 e. The smallest absolute Gasteiger partial charge is 0.255 e. The molecule has 2 N–H and O–H groups in total. The first kappa shape index (κ1) is 15.0. The third kappa shape index (κ3) is 3.28. The van der Waals surface area contributed by atoms with E-state index in [2.05, 4.69) is 10.6 Å². The third-order valence-corrected chi connectivity index (χ3v) is 3.28. The average molecular weight is 318 g/mol. The summed E-state index contributed by atoms with van der Waals surface area (Å²) in [7, 11) is 0. The van der Waals surface area contributed by atoms with Crippen LogP contribution in [0.2, 0.25) is 0 Å². The molecule has 0 radical (unpaired) electrons. The molecule has 0 unspecified atom stereocenters. The maximum Gasteiger partial charge on any atom is 0.255 e. The molecule has 0 spiro atoms. The van der Waals surface area contributed by atoms with E-state index < -0.39 is 17.5 Å². The highest BCUT2D eigenvalue weighted by atomic mass is 19.1. The molecule has 0 aliphatic carbocycles. The first-order valence-electron chi connectivity index (χ1n) is 6.86. The van der Waals surface area contributed by atoms with Crippen LogP contribution in [0.15, 0.2) is 36.4 Å². The zero-order valence-electron chi connectivity index (χ0n) is 11.9. The number of carbonyl (C=O) groups excluding carboxylic acids is 2. The highest BCUT2D eigenvalue weighted by Crippen LogP contribution is 2.28. The number of benzene rings is 2.